The van der Waals surface area contributed by atoms with Crippen LogP contribution in [0.25, 0.3) is 32.7 Å². The van der Waals surface area contributed by atoms with Crippen LogP contribution in [0.5, 0.6) is 5.88 Å². The number of aromatic hydroxyl groups is 1. The summed E-state index contributed by atoms with van der Waals surface area (Å²) in [6.07, 6.45) is 4.83. The predicted molar refractivity (Wildman–Crippen MR) is 220 cm³/mol. The van der Waals surface area contributed by atoms with Crippen LogP contribution < -0.4 is 27.4 Å². The van der Waals surface area contributed by atoms with Crippen molar-refractivity contribution in [3.63, 3.8) is 0 Å². The van der Waals surface area contributed by atoms with E-state index < -0.39 is 0 Å². The SMILES string of the molecule is CN1CCN(CCCN=c2cc3c(=O)n(CC4CCOCC4)c(=O)c4c(NCCCN5CCN(C)CC5)cc5c(O)n(CC6CCOCC6)c(=O)c2c5c4-3)CC1. The van der Waals surface area contributed by atoms with Crippen LogP contribution in [0, 0.1) is 11.8 Å². The molecule has 56 heavy (non-hydrogen) atoms. The monoisotopic (exact) mass is 772 g/mol. The molecule has 14 nitrogen and oxygen atoms in total. The first kappa shape index (κ1) is 39.2. The number of likely N-dealkylation sites (N-methyl/N-ethyl adjacent to an activating group) is 2. The Morgan fingerprint density at radius 2 is 1.25 bits per heavy atom. The summed E-state index contributed by atoms with van der Waals surface area (Å²) in [5.74, 6) is 0.175. The molecule has 6 aliphatic rings. The molecular weight excluding hydrogens is 713 g/mol. The van der Waals surface area contributed by atoms with Crippen molar-refractivity contribution in [2.75, 3.05) is 124 Å². The highest BCUT2D eigenvalue weighted by atomic mass is 16.5. The maximum absolute atomic E-state index is 14.7. The van der Waals surface area contributed by atoms with Crippen molar-refractivity contribution in [2.45, 2.75) is 51.6 Å². The first-order valence-corrected chi connectivity index (χ1v) is 21.1. The zero-order chi connectivity index (χ0) is 38.8. The number of aromatic nitrogens is 2. The highest BCUT2D eigenvalue weighted by Gasteiger charge is 2.31. The number of nitrogens with zero attached hydrogens (tertiary/aromatic N) is 7. The van der Waals surface area contributed by atoms with Gasteiger partial charge in [-0.25, -0.2) is 0 Å². The normalized spacial score (nSPS) is 21.0. The van der Waals surface area contributed by atoms with Gasteiger partial charge in [0, 0.05) is 127 Å². The number of hydrogen-bond donors (Lipinski definition) is 2. The molecule has 0 spiro atoms. The molecule has 0 unspecified atom stereocenters. The lowest BCUT2D eigenvalue weighted by molar-refractivity contribution is 0.0603. The van der Waals surface area contributed by atoms with Crippen LogP contribution in [-0.4, -0.2) is 153 Å². The second-order valence-electron chi connectivity index (χ2n) is 16.8. The van der Waals surface area contributed by atoms with E-state index in [0.29, 0.717) is 96.3 Å². The fourth-order valence-electron chi connectivity index (χ4n) is 9.29. The molecule has 2 N–H and O–H groups in total. The second kappa shape index (κ2) is 17.5. The summed E-state index contributed by atoms with van der Waals surface area (Å²) in [5, 5.41) is 17.8. The molecule has 304 valence electrons. The van der Waals surface area contributed by atoms with E-state index in [0.717, 1.165) is 104 Å². The molecule has 5 aliphatic heterocycles. The van der Waals surface area contributed by atoms with Crippen molar-refractivity contribution < 1.29 is 14.6 Å². The summed E-state index contributed by atoms with van der Waals surface area (Å²) in [6.45, 7) is 14.3. The van der Waals surface area contributed by atoms with Crippen molar-refractivity contribution in [1.29, 1.82) is 0 Å². The number of pyridine rings is 2. The minimum Gasteiger partial charge on any atom is -0.494 e. The van der Waals surface area contributed by atoms with Crippen molar-refractivity contribution in [1.82, 2.24) is 28.7 Å². The van der Waals surface area contributed by atoms with Gasteiger partial charge in [-0.2, -0.15) is 0 Å². The maximum atomic E-state index is 14.7. The van der Waals surface area contributed by atoms with Gasteiger partial charge in [-0.05, 0) is 89.7 Å². The predicted octanol–water partition coefficient (Wildman–Crippen LogP) is 1.80. The number of hydrogen-bond acceptors (Lipinski definition) is 12. The summed E-state index contributed by atoms with van der Waals surface area (Å²) in [4.78, 5) is 58.7. The van der Waals surface area contributed by atoms with E-state index in [9.17, 15) is 19.5 Å². The van der Waals surface area contributed by atoms with Gasteiger partial charge in [0.05, 0.1) is 21.7 Å². The smallest absolute Gasteiger partial charge is 0.263 e. The Morgan fingerprint density at radius 3 is 1.86 bits per heavy atom. The van der Waals surface area contributed by atoms with Crippen LogP contribution in [0.15, 0.2) is 31.5 Å². The number of piperazine rings is 2. The third-order valence-electron chi connectivity index (χ3n) is 12.9. The molecule has 0 bridgehead atoms. The van der Waals surface area contributed by atoms with Gasteiger partial charge in [-0.3, -0.25) is 28.5 Å². The average molecular weight is 773 g/mol. The Labute approximate surface area is 328 Å². The van der Waals surface area contributed by atoms with Crippen LogP contribution in [0.1, 0.15) is 38.5 Å². The van der Waals surface area contributed by atoms with Crippen LogP contribution in [0.4, 0.5) is 5.69 Å². The maximum Gasteiger partial charge on any atom is 0.263 e. The van der Waals surface area contributed by atoms with Crippen LogP contribution in [-0.2, 0) is 22.6 Å². The lowest BCUT2D eigenvalue weighted by Crippen LogP contribution is -2.44. The largest absolute Gasteiger partial charge is 0.494 e. The molecule has 0 atom stereocenters. The summed E-state index contributed by atoms with van der Waals surface area (Å²) >= 11 is 0. The first-order chi connectivity index (χ1) is 27.3. The Kier molecular flexibility index (Phi) is 12.2. The van der Waals surface area contributed by atoms with Gasteiger partial charge in [0.1, 0.15) is 0 Å². The van der Waals surface area contributed by atoms with Gasteiger partial charge in [0.25, 0.3) is 16.7 Å². The summed E-state index contributed by atoms with van der Waals surface area (Å²) in [6, 6.07) is 3.60. The zero-order valence-corrected chi connectivity index (χ0v) is 33.4. The topological polar surface area (TPSA) is 137 Å². The van der Waals surface area contributed by atoms with E-state index in [1.54, 1.807) is 6.07 Å². The third-order valence-corrected chi connectivity index (χ3v) is 12.9. The van der Waals surface area contributed by atoms with Gasteiger partial charge in [0.15, 0.2) is 0 Å². The van der Waals surface area contributed by atoms with E-state index >= 15 is 0 Å². The number of benzene rings is 2. The number of ether oxygens (including phenoxy) is 2. The van der Waals surface area contributed by atoms with E-state index in [1.807, 2.05) is 6.07 Å². The zero-order valence-electron chi connectivity index (χ0n) is 33.4. The van der Waals surface area contributed by atoms with Crippen molar-refractivity contribution in [2.24, 2.45) is 16.8 Å². The number of rotatable bonds is 13. The molecule has 6 heterocycles. The average Bonchev–Trinajstić information content (AvgIpc) is 3.21. The minimum atomic E-state index is -0.371. The second-order valence-corrected chi connectivity index (χ2v) is 16.8. The molecule has 1 aromatic heterocycles. The highest BCUT2D eigenvalue weighted by Crippen LogP contribution is 2.41. The Hall–Kier alpha value is -3.66. The molecular formula is C42H60N8O6. The molecule has 2 aromatic rings. The number of nitrogens with one attached hydrogen (secondary N) is 1. The van der Waals surface area contributed by atoms with E-state index in [1.165, 1.54) is 9.13 Å². The molecule has 4 saturated heterocycles. The Bertz CT molecular complexity index is 2160. The molecule has 1 aliphatic carbocycles. The lowest BCUT2D eigenvalue weighted by Gasteiger charge is -2.32. The van der Waals surface area contributed by atoms with Crippen molar-refractivity contribution >= 4 is 27.2 Å². The molecule has 0 saturated carbocycles. The van der Waals surface area contributed by atoms with Gasteiger partial charge in [0.2, 0.25) is 5.88 Å². The highest BCUT2D eigenvalue weighted by molar-refractivity contribution is 6.18. The molecule has 0 amide bonds. The summed E-state index contributed by atoms with van der Waals surface area (Å²) in [7, 11) is 4.30. The van der Waals surface area contributed by atoms with E-state index in [-0.39, 0.29) is 34.4 Å². The van der Waals surface area contributed by atoms with Gasteiger partial charge in [-0.1, -0.05) is 0 Å². The molecule has 0 radical (unpaired) electrons. The molecule has 4 fully saturated rings. The van der Waals surface area contributed by atoms with Gasteiger partial charge < -0.3 is 39.5 Å². The van der Waals surface area contributed by atoms with Gasteiger partial charge in [-0.15, -0.1) is 0 Å². The van der Waals surface area contributed by atoms with Crippen LogP contribution in [0.2, 0.25) is 0 Å². The van der Waals surface area contributed by atoms with Crippen molar-refractivity contribution in [3.05, 3.63) is 48.6 Å². The molecule has 1 aromatic carbocycles. The Morgan fingerprint density at radius 1 is 0.696 bits per heavy atom. The lowest BCUT2D eigenvalue weighted by atomic mass is 9.89. The van der Waals surface area contributed by atoms with Crippen LogP contribution in [0.3, 0.4) is 0 Å². The summed E-state index contributed by atoms with van der Waals surface area (Å²) in [5.41, 5.74) is 0.319. The third kappa shape index (κ3) is 8.19. The molecule has 8 rings (SSSR count). The fraction of sp³-hybridized carbons (Fsp3) is 0.667. The van der Waals surface area contributed by atoms with Crippen LogP contribution >= 0.6 is 0 Å². The first-order valence-electron chi connectivity index (χ1n) is 21.1. The standard InChI is InChI=1S/C42H60N8O6/c1-45-13-17-47(18-14-45)11-3-9-43-33-25-31-36-35-32(40(52)49(41(53)37(33)35)27-29-5-21-55-22-6-29)26-34(44-10-4-12-48-19-15-46(2)16-20-48)38(36)42(54)50(39(31)51)28-30-7-23-56-24-8-30/h25-26,29-30,43,51H,3-24,27-28H2,1-2H3. The quantitative estimate of drug-likeness (QED) is 0.152. The van der Waals surface area contributed by atoms with Gasteiger partial charge >= 0.3 is 0 Å². The van der Waals surface area contributed by atoms with E-state index in [4.69, 9.17) is 14.5 Å². The van der Waals surface area contributed by atoms with Crippen molar-refractivity contribution in [3.8, 4) is 17.0 Å². The fourth-order valence-corrected chi connectivity index (χ4v) is 9.29. The minimum absolute atomic E-state index is 0.135. The number of anilines is 1. The van der Waals surface area contributed by atoms with E-state index in [2.05, 4.69) is 39.0 Å². The Balaban J connectivity index is 1.25. The summed E-state index contributed by atoms with van der Waals surface area (Å²) < 4.78 is 14.1. The molecule has 14 heteroatoms.